The first-order valence-corrected chi connectivity index (χ1v) is 10.7. The van der Waals surface area contributed by atoms with Crippen LogP contribution < -0.4 is 10.9 Å². The van der Waals surface area contributed by atoms with E-state index in [0.29, 0.717) is 10.2 Å². The Hall–Kier alpha value is -3.25. The summed E-state index contributed by atoms with van der Waals surface area (Å²) >= 11 is 1.45. The fourth-order valence-electron chi connectivity index (χ4n) is 3.66. The molecule has 1 atom stereocenters. The summed E-state index contributed by atoms with van der Waals surface area (Å²) in [5.41, 5.74) is 5.00. The van der Waals surface area contributed by atoms with Crippen LogP contribution in [0.25, 0.3) is 21.3 Å². The minimum absolute atomic E-state index is 0.0683. The Labute approximate surface area is 179 Å². The van der Waals surface area contributed by atoms with Gasteiger partial charge < -0.3 is 5.32 Å². The fraction of sp³-hybridized carbons (Fsp3) is 0.208. The Morgan fingerprint density at radius 1 is 1.13 bits per heavy atom. The van der Waals surface area contributed by atoms with Crippen molar-refractivity contribution in [2.45, 2.75) is 33.4 Å². The van der Waals surface area contributed by atoms with E-state index in [1.807, 2.05) is 68.6 Å². The van der Waals surface area contributed by atoms with E-state index < -0.39 is 0 Å². The smallest absolute Gasteiger partial charge is 0.263 e. The zero-order valence-electron chi connectivity index (χ0n) is 17.2. The summed E-state index contributed by atoms with van der Waals surface area (Å²) in [4.78, 5) is 30.9. The molecule has 1 unspecified atom stereocenters. The highest BCUT2D eigenvalue weighted by Gasteiger charge is 2.17. The van der Waals surface area contributed by atoms with E-state index >= 15 is 0 Å². The molecule has 2 heterocycles. The molecule has 2 aromatic carbocycles. The van der Waals surface area contributed by atoms with Gasteiger partial charge in [0.05, 0.1) is 17.8 Å². The highest BCUT2D eigenvalue weighted by atomic mass is 32.1. The highest BCUT2D eigenvalue weighted by Crippen LogP contribution is 2.32. The van der Waals surface area contributed by atoms with Crippen molar-refractivity contribution < 1.29 is 4.79 Å². The highest BCUT2D eigenvalue weighted by molar-refractivity contribution is 7.17. The van der Waals surface area contributed by atoms with Crippen molar-refractivity contribution >= 4 is 27.5 Å². The van der Waals surface area contributed by atoms with Gasteiger partial charge in [0.25, 0.3) is 5.56 Å². The maximum absolute atomic E-state index is 13.2. The average molecular weight is 418 g/mol. The fourth-order valence-corrected chi connectivity index (χ4v) is 4.56. The van der Waals surface area contributed by atoms with Crippen LogP contribution in [0.4, 0.5) is 0 Å². The van der Waals surface area contributed by atoms with Crippen molar-refractivity contribution in [1.29, 1.82) is 0 Å². The topological polar surface area (TPSA) is 64.0 Å². The first-order chi connectivity index (χ1) is 14.4. The number of nitrogens with zero attached hydrogens (tertiary/aromatic N) is 2. The van der Waals surface area contributed by atoms with Crippen molar-refractivity contribution in [2.75, 3.05) is 0 Å². The average Bonchev–Trinajstić information content (AvgIpc) is 3.15. The van der Waals surface area contributed by atoms with E-state index in [1.165, 1.54) is 27.8 Å². The Balaban J connectivity index is 1.63. The molecule has 4 rings (SSSR count). The quantitative estimate of drug-likeness (QED) is 0.515. The first-order valence-electron chi connectivity index (χ1n) is 9.82. The van der Waals surface area contributed by atoms with Crippen molar-refractivity contribution in [1.82, 2.24) is 14.9 Å². The van der Waals surface area contributed by atoms with Gasteiger partial charge in [-0.3, -0.25) is 14.2 Å². The number of benzene rings is 2. The Morgan fingerprint density at radius 3 is 2.63 bits per heavy atom. The molecule has 0 spiro atoms. The predicted molar refractivity (Wildman–Crippen MR) is 122 cm³/mol. The first kappa shape index (κ1) is 20.0. The maximum Gasteiger partial charge on any atom is 0.263 e. The van der Waals surface area contributed by atoms with Gasteiger partial charge in [0.15, 0.2) is 0 Å². The summed E-state index contributed by atoms with van der Waals surface area (Å²) in [5, 5.41) is 5.49. The molecule has 30 heavy (non-hydrogen) atoms. The normalized spacial score (nSPS) is 12.1. The van der Waals surface area contributed by atoms with E-state index in [4.69, 9.17) is 0 Å². The van der Waals surface area contributed by atoms with Gasteiger partial charge >= 0.3 is 0 Å². The third-order valence-corrected chi connectivity index (χ3v) is 6.11. The van der Waals surface area contributed by atoms with E-state index in [0.717, 1.165) is 22.3 Å². The monoisotopic (exact) mass is 417 g/mol. The molecule has 152 valence electrons. The number of nitrogens with one attached hydrogen (secondary N) is 1. The molecule has 5 nitrogen and oxygen atoms in total. The van der Waals surface area contributed by atoms with Crippen LogP contribution in [-0.2, 0) is 11.3 Å². The number of hydrogen-bond donors (Lipinski definition) is 1. The molecule has 0 aliphatic heterocycles. The molecule has 1 N–H and O–H groups in total. The minimum Gasteiger partial charge on any atom is -0.348 e. The Bertz CT molecular complexity index is 1270. The van der Waals surface area contributed by atoms with Crippen molar-refractivity contribution in [3.05, 3.63) is 87.3 Å². The summed E-state index contributed by atoms with van der Waals surface area (Å²) < 4.78 is 1.38. The molecule has 4 aromatic rings. The van der Waals surface area contributed by atoms with Crippen LogP contribution in [0.3, 0.4) is 0 Å². The lowest BCUT2D eigenvalue weighted by atomic mass is 9.99. The second kappa shape index (κ2) is 8.24. The van der Waals surface area contributed by atoms with Crippen molar-refractivity contribution in [3.63, 3.8) is 0 Å². The molecule has 0 bridgehead atoms. The molecule has 6 heteroatoms. The van der Waals surface area contributed by atoms with E-state index in [-0.39, 0.29) is 24.1 Å². The van der Waals surface area contributed by atoms with E-state index in [9.17, 15) is 9.59 Å². The second-order valence-corrected chi connectivity index (χ2v) is 8.38. The van der Waals surface area contributed by atoms with E-state index in [2.05, 4.69) is 16.4 Å². The van der Waals surface area contributed by atoms with E-state index in [1.54, 1.807) is 0 Å². The molecular formula is C24H23N3O2S. The SMILES string of the molecule is Cc1ccc(-c2csc3ncn(CC(=O)NC(C)c4ccccc4)c(=O)c23)c(C)c1. The summed E-state index contributed by atoms with van der Waals surface area (Å²) in [5.74, 6) is -0.224. The van der Waals surface area contributed by atoms with Crippen LogP contribution in [0.1, 0.15) is 29.7 Å². The lowest BCUT2D eigenvalue weighted by Crippen LogP contribution is -2.33. The largest absolute Gasteiger partial charge is 0.348 e. The number of carbonyl (C=O) groups excluding carboxylic acids is 1. The third-order valence-electron chi connectivity index (χ3n) is 5.22. The molecule has 0 saturated heterocycles. The number of carbonyl (C=O) groups is 1. The molecular weight excluding hydrogens is 394 g/mol. The number of aryl methyl sites for hydroxylation is 2. The van der Waals surface area contributed by atoms with Gasteiger partial charge in [-0.05, 0) is 37.5 Å². The lowest BCUT2D eigenvalue weighted by Gasteiger charge is -2.15. The Kier molecular flexibility index (Phi) is 5.50. The lowest BCUT2D eigenvalue weighted by molar-refractivity contribution is -0.122. The summed E-state index contributed by atoms with van der Waals surface area (Å²) in [6.07, 6.45) is 1.46. The summed E-state index contributed by atoms with van der Waals surface area (Å²) in [6, 6.07) is 15.8. The zero-order chi connectivity index (χ0) is 21.3. The van der Waals surface area contributed by atoms with Gasteiger partial charge in [-0.1, -0.05) is 54.1 Å². The Morgan fingerprint density at radius 2 is 1.90 bits per heavy atom. The molecule has 0 aliphatic carbocycles. The van der Waals surface area contributed by atoms with Crippen LogP contribution in [0.15, 0.2) is 65.0 Å². The van der Waals surface area contributed by atoms with Gasteiger partial charge in [0.1, 0.15) is 11.4 Å². The van der Waals surface area contributed by atoms with Gasteiger partial charge in [-0.25, -0.2) is 4.98 Å². The minimum atomic E-state index is -0.224. The molecule has 0 radical (unpaired) electrons. The standard InChI is InChI=1S/C24H23N3O2S/c1-15-9-10-19(16(2)11-15)20-13-30-23-22(20)24(29)27(14-25-23)12-21(28)26-17(3)18-7-5-4-6-8-18/h4-11,13-14,17H,12H2,1-3H3,(H,26,28). The van der Waals surface area contributed by atoms with Gasteiger partial charge in [0, 0.05) is 10.9 Å². The van der Waals surface area contributed by atoms with Crippen LogP contribution in [0, 0.1) is 13.8 Å². The number of hydrogen-bond acceptors (Lipinski definition) is 4. The number of thiophene rings is 1. The number of amides is 1. The number of fused-ring (bicyclic) bond motifs is 1. The molecule has 2 aromatic heterocycles. The summed E-state index contributed by atoms with van der Waals surface area (Å²) in [7, 11) is 0. The number of aromatic nitrogens is 2. The van der Waals surface area contributed by atoms with Crippen LogP contribution >= 0.6 is 11.3 Å². The molecule has 0 aliphatic rings. The maximum atomic E-state index is 13.2. The van der Waals surface area contributed by atoms with Crippen LogP contribution in [0.2, 0.25) is 0 Å². The van der Waals surface area contributed by atoms with Gasteiger partial charge in [-0.2, -0.15) is 0 Å². The van der Waals surface area contributed by atoms with Crippen molar-refractivity contribution in [3.8, 4) is 11.1 Å². The van der Waals surface area contributed by atoms with Gasteiger partial charge in [-0.15, -0.1) is 11.3 Å². The summed E-state index contributed by atoms with van der Waals surface area (Å²) in [6.45, 7) is 5.95. The zero-order valence-corrected chi connectivity index (χ0v) is 18.0. The molecule has 1 amide bonds. The van der Waals surface area contributed by atoms with Crippen LogP contribution in [-0.4, -0.2) is 15.5 Å². The predicted octanol–water partition coefficient (Wildman–Crippen LogP) is 4.62. The van der Waals surface area contributed by atoms with Crippen LogP contribution in [0.5, 0.6) is 0 Å². The van der Waals surface area contributed by atoms with Gasteiger partial charge in [0.2, 0.25) is 5.91 Å². The second-order valence-electron chi connectivity index (χ2n) is 7.53. The third kappa shape index (κ3) is 3.91. The number of rotatable bonds is 5. The molecule has 0 fully saturated rings. The van der Waals surface area contributed by atoms with Crippen molar-refractivity contribution in [2.24, 2.45) is 0 Å². The molecule has 0 saturated carbocycles.